The van der Waals surface area contributed by atoms with Crippen molar-refractivity contribution in [1.29, 1.82) is 0 Å². The van der Waals surface area contributed by atoms with Crippen LogP contribution in [0.15, 0.2) is 9.52 Å². The average molecular weight is 466 g/mol. The third kappa shape index (κ3) is 7.94. The molecule has 1 aromatic heterocycles. The van der Waals surface area contributed by atoms with E-state index in [4.69, 9.17) is 9.26 Å². The zero-order chi connectivity index (χ0) is 17.9. The number of nitrogens with one attached hydrogen (secondary N) is 2. The number of hydrogen-bond donors (Lipinski definition) is 2. The minimum Gasteiger partial charge on any atom is -0.378 e. The largest absolute Gasteiger partial charge is 0.378 e. The quantitative estimate of drug-likeness (QED) is 0.314. The number of aliphatic imine (C=N–C) groups is 1. The van der Waals surface area contributed by atoms with Gasteiger partial charge in [0.15, 0.2) is 5.96 Å². The fraction of sp³-hybridized carbons (Fsp3) is 0.778. The van der Waals surface area contributed by atoms with E-state index in [1.807, 2.05) is 6.92 Å². The van der Waals surface area contributed by atoms with Crippen LogP contribution >= 0.6 is 24.0 Å². The molecule has 0 saturated heterocycles. The molecule has 0 aromatic carbocycles. The number of hydrogen-bond acceptors (Lipinski definition) is 4. The van der Waals surface area contributed by atoms with Crippen molar-refractivity contribution < 1.29 is 9.26 Å². The van der Waals surface area contributed by atoms with Gasteiger partial charge in [0.1, 0.15) is 5.76 Å². The Morgan fingerprint density at radius 3 is 2.44 bits per heavy atom. The van der Waals surface area contributed by atoms with E-state index in [0.717, 1.165) is 55.4 Å². The van der Waals surface area contributed by atoms with Gasteiger partial charge in [-0.3, -0.25) is 4.99 Å². The summed E-state index contributed by atoms with van der Waals surface area (Å²) in [5, 5.41) is 10.9. The van der Waals surface area contributed by atoms with Gasteiger partial charge < -0.3 is 19.9 Å². The lowest BCUT2D eigenvalue weighted by atomic mass is 10.0. The molecular formula is C18H35IN4O2. The van der Waals surface area contributed by atoms with E-state index in [1.165, 1.54) is 0 Å². The van der Waals surface area contributed by atoms with Crippen LogP contribution < -0.4 is 10.6 Å². The third-order valence-corrected chi connectivity index (χ3v) is 4.11. The van der Waals surface area contributed by atoms with Gasteiger partial charge >= 0.3 is 0 Å². The zero-order valence-corrected chi connectivity index (χ0v) is 18.8. The maximum absolute atomic E-state index is 5.78. The second-order valence-corrected chi connectivity index (χ2v) is 6.12. The summed E-state index contributed by atoms with van der Waals surface area (Å²) in [5.41, 5.74) is 2.17. The van der Waals surface area contributed by atoms with Crippen molar-refractivity contribution >= 4 is 29.9 Å². The van der Waals surface area contributed by atoms with Crippen LogP contribution in [0.25, 0.3) is 0 Å². The Labute approximate surface area is 169 Å². The van der Waals surface area contributed by atoms with Crippen molar-refractivity contribution in [3.8, 4) is 0 Å². The van der Waals surface area contributed by atoms with E-state index in [1.54, 1.807) is 7.05 Å². The second-order valence-electron chi connectivity index (χ2n) is 6.12. The molecule has 0 amide bonds. The number of nitrogens with zero attached hydrogens (tertiary/aromatic N) is 2. The van der Waals surface area contributed by atoms with Gasteiger partial charge in [0, 0.05) is 38.7 Å². The lowest BCUT2D eigenvalue weighted by molar-refractivity contribution is 0.0258. The molecule has 146 valence electrons. The molecule has 25 heavy (non-hydrogen) atoms. The normalized spacial score (nSPS) is 12.8. The summed E-state index contributed by atoms with van der Waals surface area (Å²) in [4.78, 5) is 4.29. The summed E-state index contributed by atoms with van der Waals surface area (Å²) in [6, 6.07) is 0. The van der Waals surface area contributed by atoms with E-state index in [0.29, 0.717) is 12.5 Å². The molecule has 0 aliphatic heterocycles. The van der Waals surface area contributed by atoms with Crippen LogP contribution in [-0.2, 0) is 24.1 Å². The fourth-order valence-corrected chi connectivity index (χ4v) is 2.69. The molecule has 0 aliphatic rings. The van der Waals surface area contributed by atoms with Crippen LogP contribution in [0.1, 0.15) is 58.1 Å². The molecular weight excluding hydrogens is 431 g/mol. The van der Waals surface area contributed by atoms with Crippen LogP contribution in [0, 0.1) is 5.92 Å². The number of halogens is 1. The van der Waals surface area contributed by atoms with Crippen molar-refractivity contribution in [2.75, 3.05) is 20.2 Å². The first-order valence-corrected chi connectivity index (χ1v) is 9.09. The van der Waals surface area contributed by atoms with Gasteiger partial charge in [0.25, 0.3) is 0 Å². The minimum atomic E-state index is 0. The predicted octanol–water partition coefficient (Wildman–Crippen LogP) is 3.53. The van der Waals surface area contributed by atoms with Gasteiger partial charge in [-0.15, -0.1) is 24.0 Å². The maximum atomic E-state index is 5.78. The van der Waals surface area contributed by atoms with Crippen molar-refractivity contribution in [1.82, 2.24) is 15.8 Å². The van der Waals surface area contributed by atoms with E-state index in [2.05, 4.69) is 48.5 Å². The first-order chi connectivity index (χ1) is 11.6. The van der Waals surface area contributed by atoms with Crippen molar-refractivity contribution in [3.05, 3.63) is 17.0 Å². The summed E-state index contributed by atoms with van der Waals surface area (Å²) in [6.07, 6.45) is 2.95. The molecule has 0 aliphatic carbocycles. The Bertz CT molecular complexity index is 482. The highest BCUT2D eigenvalue weighted by Crippen LogP contribution is 2.15. The Kier molecular flexibility index (Phi) is 12.9. The summed E-state index contributed by atoms with van der Waals surface area (Å²) < 4.78 is 11.2. The highest BCUT2D eigenvalue weighted by molar-refractivity contribution is 14.0. The molecule has 2 N–H and O–H groups in total. The van der Waals surface area contributed by atoms with Crippen molar-refractivity contribution in [2.24, 2.45) is 10.9 Å². The Balaban J connectivity index is 0.00000576. The average Bonchev–Trinajstić information content (AvgIpc) is 2.98. The molecule has 0 bridgehead atoms. The Hall–Kier alpha value is -0.830. The molecule has 0 spiro atoms. The Morgan fingerprint density at radius 2 is 1.92 bits per heavy atom. The van der Waals surface area contributed by atoms with Gasteiger partial charge in [-0.25, -0.2) is 0 Å². The maximum Gasteiger partial charge on any atom is 0.191 e. The highest BCUT2D eigenvalue weighted by atomic mass is 127. The molecule has 0 fully saturated rings. The van der Waals surface area contributed by atoms with Crippen molar-refractivity contribution in [2.45, 2.75) is 66.5 Å². The monoisotopic (exact) mass is 466 g/mol. The zero-order valence-electron chi connectivity index (χ0n) is 16.5. The first kappa shape index (κ1) is 24.2. The third-order valence-electron chi connectivity index (χ3n) is 4.11. The topological polar surface area (TPSA) is 71.7 Å². The summed E-state index contributed by atoms with van der Waals surface area (Å²) in [5.74, 6) is 2.25. The minimum absolute atomic E-state index is 0. The Morgan fingerprint density at radius 1 is 1.20 bits per heavy atom. The molecule has 1 unspecified atom stereocenters. The van der Waals surface area contributed by atoms with E-state index in [-0.39, 0.29) is 30.1 Å². The van der Waals surface area contributed by atoms with Gasteiger partial charge in [-0.05, 0) is 25.7 Å². The van der Waals surface area contributed by atoms with E-state index >= 15 is 0 Å². The number of rotatable bonds is 10. The number of ether oxygens (including phenoxy) is 1. The van der Waals surface area contributed by atoms with Gasteiger partial charge in [-0.1, -0.05) is 32.9 Å². The summed E-state index contributed by atoms with van der Waals surface area (Å²) in [7, 11) is 1.78. The SMILES string of the molecule is CCOC(CCNC(=NC)NCc1c(CC)noc1CC)C(C)C.I. The number of guanidine groups is 1. The summed E-state index contributed by atoms with van der Waals surface area (Å²) >= 11 is 0. The predicted molar refractivity (Wildman–Crippen MR) is 114 cm³/mol. The first-order valence-electron chi connectivity index (χ1n) is 9.09. The van der Waals surface area contributed by atoms with Gasteiger partial charge in [0.05, 0.1) is 11.8 Å². The number of aromatic nitrogens is 1. The van der Waals surface area contributed by atoms with Crippen LogP contribution in [0.2, 0.25) is 0 Å². The molecule has 1 rings (SSSR count). The molecule has 0 saturated carbocycles. The van der Waals surface area contributed by atoms with Gasteiger partial charge in [0.2, 0.25) is 0 Å². The fourth-order valence-electron chi connectivity index (χ4n) is 2.69. The van der Waals surface area contributed by atoms with Gasteiger partial charge in [-0.2, -0.15) is 0 Å². The molecule has 6 nitrogen and oxygen atoms in total. The molecule has 1 atom stereocenters. The molecule has 1 heterocycles. The highest BCUT2D eigenvalue weighted by Gasteiger charge is 2.15. The van der Waals surface area contributed by atoms with Crippen LogP contribution in [0.5, 0.6) is 0 Å². The van der Waals surface area contributed by atoms with Crippen LogP contribution in [0.4, 0.5) is 0 Å². The molecule has 1 aromatic rings. The van der Waals surface area contributed by atoms with Crippen LogP contribution in [-0.4, -0.2) is 37.4 Å². The molecule has 0 radical (unpaired) electrons. The second kappa shape index (κ2) is 13.4. The van der Waals surface area contributed by atoms with Crippen LogP contribution in [0.3, 0.4) is 0 Å². The lowest BCUT2D eigenvalue weighted by Gasteiger charge is -2.21. The van der Waals surface area contributed by atoms with E-state index in [9.17, 15) is 0 Å². The summed E-state index contributed by atoms with van der Waals surface area (Å²) in [6.45, 7) is 12.9. The number of aryl methyl sites for hydroxylation is 2. The standard InChI is InChI=1S/C18H34N4O2.HI/c1-7-15-14(16(8-2)24-22-15)12-21-18(19-6)20-11-10-17(13(4)5)23-9-3;/h13,17H,7-12H2,1-6H3,(H2,19,20,21);1H. The van der Waals surface area contributed by atoms with Crippen molar-refractivity contribution in [3.63, 3.8) is 0 Å². The van der Waals surface area contributed by atoms with E-state index < -0.39 is 0 Å². The lowest BCUT2D eigenvalue weighted by Crippen LogP contribution is -2.39. The molecule has 7 heteroatoms. The smallest absolute Gasteiger partial charge is 0.191 e.